The van der Waals surface area contributed by atoms with Gasteiger partial charge in [0.05, 0.1) is 6.61 Å². The summed E-state index contributed by atoms with van der Waals surface area (Å²) in [6, 6.07) is 6.66. The van der Waals surface area contributed by atoms with E-state index in [0.29, 0.717) is 29.3 Å². The van der Waals surface area contributed by atoms with Crippen LogP contribution < -0.4 is 15.4 Å². The van der Waals surface area contributed by atoms with Crippen molar-refractivity contribution in [3.05, 3.63) is 24.3 Å². The highest BCUT2D eigenvalue weighted by molar-refractivity contribution is 5.88. The highest BCUT2D eigenvalue weighted by Crippen LogP contribution is 2.17. The first-order valence-electron chi connectivity index (χ1n) is 9.88. The molecule has 0 aliphatic rings. The highest BCUT2D eigenvalue weighted by atomic mass is 16.5. The average molecular weight is 424 g/mol. The number of hydrogen-bond acceptors (Lipinski definition) is 7. The van der Waals surface area contributed by atoms with Crippen LogP contribution >= 0.6 is 0 Å². The Bertz CT molecular complexity index is 680. The molecule has 0 bridgehead atoms. The van der Waals surface area contributed by atoms with Gasteiger partial charge in [-0.2, -0.15) is 0 Å². The minimum Gasteiger partial charge on any atom is -0.494 e. The van der Waals surface area contributed by atoms with Gasteiger partial charge in [-0.1, -0.05) is 0 Å². The van der Waals surface area contributed by atoms with Gasteiger partial charge in [0.2, 0.25) is 5.91 Å². The van der Waals surface area contributed by atoms with Gasteiger partial charge in [-0.3, -0.25) is 19.6 Å². The van der Waals surface area contributed by atoms with E-state index < -0.39 is 18.0 Å². The van der Waals surface area contributed by atoms with Crippen molar-refractivity contribution in [2.45, 2.75) is 38.8 Å². The van der Waals surface area contributed by atoms with Gasteiger partial charge in [0, 0.05) is 25.1 Å². The quantitative estimate of drug-likeness (QED) is 0.152. The van der Waals surface area contributed by atoms with E-state index in [2.05, 4.69) is 10.6 Å². The maximum absolute atomic E-state index is 12.4. The molecule has 0 aliphatic carbocycles. The van der Waals surface area contributed by atoms with E-state index in [-0.39, 0.29) is 31.9 Å². The molecule has 1 unspecified atom stereocenters. The number of amides is 2. The second-order valence-electron chi connectivity index (χ2n) is 6.98. The number of ether oxygens (including phenoxy) is 1. The Kier molecular flexibility index (Phi) is 11.2. The van der Waals surface area contributed by atoms with Crippen molar-refractivity contribution in [1.29, 1.82) is 0 Å². The summed E-state index contributed by atoms with van der Waals surface area (Å²) in [4.78, 5) is 37.1. The maximum atomic E-state index is 12.4. The molecule has 1 aromatic rings. The van der Waals surface area contributed by atoms with Crippen LogP contribution in [0.1, 0.15) is 32.6 Å². The molecule has 2 amide bonds. The van der Waals surface area contributed by atoms with E-state index in [1.807, 2.05) is 19.0 Å². The molecular weight excluding hydrogens is 392 g/mol. The number of carboxylic acid groups (broad SMARTS) is 1. The molecule has 0 heterocycles. The van der Waals surface area contributed by atoms with E-state index >= 15 is 0 Å². The van der Waals surface area contributed by atoms with E-state index in [1.165, 1.54) is 0 Å². The Labute approximate surface area is 176 Å². The molecule has 1 atom stereocenters. The third-order valence-corrected chi connectivity index (χ3v) is 4.08. The lowest BCUT2D eigenvalue weighted by Crippen LogP contribution is -2.51. The van der Waals surface area contributed by atoms with Crippen LogP contribution in [-0.2, 0) is 14.4 Å². The van der Waals surface area contributed by atoms with Gasteiger partial charge in [-0.15, -0.1) is 0 Å². The topological polar surface area (TPSA) is 131 Å². The van der Waals surface area contributed by atoms with Crippen LogP contribution in [0.25, 0.3) is 0 Å². The lowest BCUT2D eigenvalue weighted by Gasteiger charge is -2.24. The van der Waals surface area contributed by atoms with Crippen molar-refractivity contribution in [3.8, 4) is 5.75 Å². The average Bonchev–Trinajstić information content (AvgIpc) is 2.70. The second kappa shape index (κ2) is 13.4. The molecule has 0 saturated heterocycles. The highest BCUT2D eigenvalue weighted by Gasteiger charge is 2.24. The molecular formula is C20H32N4O6. The Balaban J connectivity index is 2.68. The Morgan fingerprint density at radius 2 is 1.77 bits per heavy atom. The Morgan fingerprint density at radius 3 is 2.33 bits per heavy atom. The zero-order valence-electron chi connectivity index (χ0n) is 17.8. The number of carbonyl (C=O) groups is 3. The van der Waals surface area contributed by atoms with Crippen molar-refractivity contribution in [1.82, 2.24) is 15.3 Å². The summed E-state index contributed by atoms with van der Waals surface area (Å²) in [6.07, 6.45) is 0.209. The largest absolute Gasteiger partial charge is 0.494 e. The number of hydroxylamine groups is 2. The smallest absolute Gasteiger partial charge is 0.303 e. The fraction of sp³-hybridized carbons (Fsp3) is 0.550. The number of rotatable bonds is 14. The number of carboxylic acids is 1. The van der Waals surface area contributed by atoms with Crippen molar-refractivity contribution in [3.63, 3.8) is 0 Å². The monoisotopic (exact) mass is 424 g/mol. The third-order valence-electron chi connectivity index (χ3n) is 4.08. The number of aliphatic carboxylic acids is 1. The van der Waals surface area contributed by atoms with Crippen molar-refractivity contribution >= 4 is 23.5 Å². The van der Waals surface area contributed by atoms with Gasteiger partial charge >= 0.3 is 5.97 Å². The van der Waals surface area contributed by atoms with Crippen LogP contribution in [0.4, 0.5) is 5.69 Å². The molecule has 1 rings (SSSR count). The zero-order chi connectivity index (χ0) is 22.5. The number of anilines is 1. The van der Waals surface area contributed by atoms with E-state index in [4.69, 9.17) is 9.84 Å². The third kappa shape index (κ3) is 10.1. The molecule has 10 nitrogen and oxygen atoms in total. The van der Waals surface area contributed by atoms with Crippen LogP contribution in [0.3, 0.4) is 0 Å². The molecule has 10 heteroatoms. The van der Waals surface area contributed by atoms with Gasteiger partial charge in [-0.25, -0.2) is 5.06 Å². The Hall–Kier alpha value is -2.85. The van der Waals surface area contributed by atoms with Crippen molar-refractivity contribution in [2.24, 2.45) is 0 Å². The molecule has 0 saturated carbocycles. The predicted molar refractivity (Wildman–Crippen MR) is 111 cm³/mol. The molecule has 1 aromatic carbocycles. The normalized spacial score (nSPS) is 11.6. The minimum absolute atomic E-state index is 0.0345. The molecule has 0 spiro atoms. The molecule has 4 N–H and O–H groups in total. The van der Waals surface area contributed by atoms with E-state index in [0.717, 1.165) is 6.54 Å². The first-order chi connectivity index (χ1) is 14.2. The first-order valence-corrected chi connectivity index (χ1v) is 9.88. The van der Waals surface area contributed by atoms with Crippen molar-refractivity contribution < 1.29 is 29.4 Å². The number of nitrogens with one attached hydrogen (secondary N) is 2. The fourth-order valence-electron chi connectivity index (χ4n) is 2.48. The lowest BCUT2D eigenvalue weighted by atomic mass is 10.2. The summed E-state index contributed by atoms with van der Waals surface area (Å²) < 4.78 is 5.47. The number of carbonyl (C=O) groups excluding carboxylic acids is 2. The van der Waals surface area contributed by atoms with Gasteiger partial charge in [0.15, 0.2) is 6.17 Å². The fourth-order valence-corrected chi connectivity index (χ4v) is 2.48. The number of nitrogens with zero attached hydrogens (tertiary/aromatic N) is 2. The molecule has 168 valence electrons. The zero-order valence-corrected chi connectivity index (χ0v) is 17.8. The molecule has 0 aliphatic heterocycles. The minimum atomic E-state index is -1.12. The molecule has 0 radical (unpaired) electrons. The summed E-state index contributed by atoms with van der Waals surface area (Å²) in [7, 11) is 3.83. The maximum Gasteiger partial charge on any atom is 0.303 e. The second-order valence-corrected chi connectivity index (χ2v) is 6.98. The van der Waals surface area contributed by atoms with Gasteiger partial charge in [0.25, 0.3) is 5.91 Å². The van der Waals surface area contributed by atoms with Gasteiger partial charge in [-0.05, 0) is 64.7 Å². The SMILES string of the molecule is CCN(O)C(=O)C(NC(=O)CCCN(C)C)Nc1ccc(OCCCC(=O)O)cc1. The summed E-state index contributed by atoms with van der Waals surface area (Å²) in [5, 5.41) is 24.4. The summed E-state index contributed by atoms with van der Waals surface area (Å²) in [6.45, 7) is 2.72. The first kappa shape index (κ1) is 25.2. The molecule has 30 heavy (non-hydrogen) atoms. The van der Waals surface area contributed by atoms with E-state index in [1.54, 1.807) is 31.2 Å². The van der Waals surface area contributed by atoms with Crippen molar-refractivity contribution in [2.75, 3.05) is 39.1 Å². The van der Waals surface area contributed by atoms with E-state index in [9.17, 15) is 19.6 Å². The van der Waals surface area contributed by atoms with Crippen LogP contribution in [0.2, 0.25) is 0 Å². The summed E-state index contributed by atoms with van der Waals surface area (Å²) in [5.74, 6) is -1.29. The number of hydrogen-bond donors (Lipinski definition) is 4. The summed E-state index contributed by atoms with van der Waals surface area (Å²) in [5.41, 5.74) is 0.546. The molecule has 0 fully saturated rings. The number of benzene rings is 1. The van der Waals surface area contributed by atoms with Crippen LogP contribution in [-0.4, -0.2) is 78.0 Å². The van der Waals surface area contributed by atoms with Gasteiger partial charge in [0.1, 0.15) is 5.75 Å². The molecule has 0 aromatic heterocycles. The lowest BCUT2D eigenvalue weighted by molar-refractivity contribution is -0.166. The summed E-state index contributed by atoms with van der Waals surface area (Å²) >= 11 is 0. The van der Waals surface area contributed by atoms with Crippen LogP contribution in [0.5, 0.6) is 5.75 Å². The van der Waals surface area contributed by atoms with Crippen LogP contribution in [0.15, 0.2) is 24.3 Å². The standard InChI is InChI=1S/C20H32N4O6/c1-4-24(29)20(28)19(22-17(25)7-5-13-23(2)3)21-15-9-11-16(12-10-15)30-14-6-8-18(26)27/h9-12,19,21,29H,4-8,13-14H2,1-3H3,(H,22,25)(H,26,27). The Morgan fingerprint density at radius 1 is 1.10 bits per heavy atom. The predicted octanol–water partition coefficient (Wildman–Crippen LogP) is 1.36. The number of likely N-dealkylation sites (N-methyl/N-ethyl adjacent to an activating group) is 1. The van der Waals surface area contributed by atoms with Crippen LogP contribution in [0, 0.1) is 0 Å². The van der Waals surface area contributed by atoms with Gasteiger partial charge < -0.3 is 25.4 Å².